The number of hydrogen-bond acceptors (Lipinski definition) is 3. The molecule has 0 saturated carbocycles. The van der Waals surface area contributed by atoms with Crippen molar-refractivity contribution in [3.05, 3.63) is 23.4 Å². The summed E-state index contributed by atoms with van der Waals surface area (Å²) in [5.74, 6) is 0.795. The molecule has 0 bridgehead atoms. The van der Waals surface area contributed by atoms with E-state index in [1.54, 1.807) is 6.92 Å². The quantitative estimate of drug-likeness (QED) is 0.646. The number of carbonyl (C=O) groups excluding carboxylic acids is 1. The Hall–Kier alpha value is -1.38. The maximum atomic E-state index is 11.2. The molecule has 0 atom stereocenters. The van der Waals surface area contributed by atoms with Crippen LogP contribution in [0, 0.1) is 6.92 Å². The van der Waals surface area contributed by atoms with Gasteiger partial charge in [-0.3, -0.25) is 4.79 Å². The standard InChI is InChI=1S/C10H14N2O/c1-7-5-6-9(8(2)13)10(11-7)12(3)4/h5-6H,1-4H3. The molecule has 0 radical (unpaired) electrons. The van der Waals surface area contributed by atoms with Gasteiger partial charge in [0.15, 0.2) is 5.78 Å². The average Bonchev–Trinajstić information content (AvgIpc) is 2.03. The molecule has 70 valence electrons. The number of nitrogens with zero attached hydrogens (tertiary/aromatic N) is 2. The minimum atomic E-state index is 0.0520. The molecule has 0 fully saturated rings. The molecule has 0 aliphatic carbocycles. The number of aromatic nitrogens is 1. The lowest BCUT2D eigenvalue weighted by atomic mass is 10.1. The first kappa shape index (κ1) is 9.71. The molecule has 0 N–H and O–H groups in total. The molecular weight excluding hydrogens is 164 g/mol. The number of carbonyl (C=O) groups is 1. The number of aryl methyl sites for hydroxylation is 1. The van der Waals surface area contributed by atoms with Crippen LogP contribution in [0.2, 0.25) is 0 Å². The summed E-state index contributed by atoms with van der Waals surface area (Å²) in [7, 11) is 3.77. The highest BCUT2D eigenvalue weighted by Crippen LogP contribution is 2.16. The van der Waals surface area contributed by atoms with E-state index in [4.69, 9.17) is 0 Å². The Morgan fingerprint density at radius 1 is 1.38 bits per heavy atom. The number of Topliss-reactive ketones (excluding diaryl/α,β-unsaturated/α-hetero) is 1. The van der Waals surface area contributed by atoms with Crippen molar-refractivity contribution in [1.29, 1.82) is 0 Å². The highest BCUT2D eigenvalue weighted by atomic mass is 16.1. The third kappa shape index (κ3) is 2.05. The van der Waals surface area contributed by atoms with Crippen molar-refractivity contribution >= 4 is 11.6 Å². The molecule has 0 aliphatic heterocycles. The lowest BCUT2D eigenvalue weighted by Gasteiger charge is -2.14. The number of hydrogen-bond donors (Lipinski definition) is 0. The largest absolute Gasteiger partial charge is 0.362 e. The van der Waals surface area contributed by atoms with Crippen molar-refractivity contribution in [2.24, 2.45) is 0 Å². The van der Waals surface area contributed by atoms with Gasteiger partial charge in [-0.2, -0.15) is 0 Å². The van der Waals surface area contributed by atoms with Crippen LogP contribution in [0.1, 0.15) is 23.0 Å². The van der Waals surface area contributed by atoms with Gasteiger partial charge >= 0.3 is 0 Å². The summed E-state index contributed by atoms with van der Waals surface area (Å²) >= 11 is 0. The Morgan fingerprint density at radius 3 is 2.46 bits per heavy atom. The highest BCUT2D eigenvalue weighted by molar-refractivity contribution is 5.98. The van der Waals surface area contributed by atoms with Gasteiger partial charge < -0.3 is 4.90 Å². The van der Waals surface area contributed by atoms with Crippen LogP contribution < -0.4 is 4.90 Å². The van der Waals surface area contributed by atoms with E-state index in [-0.39, 0.29) is 5.78 Å². The maximum Gasteiger partial charge on any atom is 0.163 e. The van der Waals surface area contributed by atoms with E-state index < -0.39 is 0 Å². The fourth-order valence-electron chi connectivity index (χ4n) is 1.16. The predicted molar refractivity (Wildman–Crippen MR) is 53.3 cm³/mol. The normalized spacial score (nSPS) is 9.85. The van der Waals surface area contributed by atoms with Crippen LogP contribution in [0.4, 0.5) is 5.82 Å². The summed E-state index contributed by atoms with van der Waals surface area (Å²) in [6.07, 6.45) is 0. The number of rotatable bonds is 2. The minimum Gasteiger partial charge on any atom is -0.362 e. The van der Waals surface area contributed by atoms with Gasteiger partial charge in [0, 0.05) is 19.8 Å². The van der Waals surface area contributed by atoms with Crippen molar-refractivity contribution in [1.82, 2.24) is 4.98 Å². The topological polar surface area (TPSA) is 33.2 Å². The molecule has 3 heteroatoms. The first-order valence-corrected chi connectivity index (χ1v) is 4.18. The second-order valence-electron chi connectivity index (χ2n) is 3.27. The molecule has 0 spiro atoms. The van der Waals surface area contributed by atoms with E-state index in [1.165, 1.54) is 0 Å². The summed E-state index contributed by atoms with van der Waals surface area (Å²) in [6.45, 7) is 3.47. The van der Waals surface area contributed by atoms with Crippen LogP contribution >= 0.6 is 0 Å². The van der Waals surface area contributed by atoms with Gasteiger partial charge in [0.05, 0.1) is 5.56 Å². The van der Waals surface area contributed by atoms with Crippen LogP contribution in [-0.4, -0.2) is 24.9 Å². The first-order valence-electron chi connectivity index (χ1n) is 4.18. The zero-order valence-electron chi connectivity index (χ0n) is 8.46. The Balaban J connectivity index is 3.26. The molecule has 3 nitrogen and oxygen atoms in total. The Bertz CT molecular complexity index is 332. The van der Waals surface area contributed by atoms with Gasteiger partial charge in [0.25, 0.3) is 0 Å². The molecular formula is C10H14N2O. The summed E-state index contributed by atoms with van der Waals surface area (Å²) in [5.41, 5.74) is 1.60. The molecule has 0 aromatic carbocycles. The summed E-state index contributed by atoms with van der Waals surface area (Å²) in [4.78, 5) is 17.4. The highest BCUT2D eigenvalue weighted by Gasteiger charge is 2.09. The van der Waals surface area contributed by atoms with Crippen molar-refractivity contribution in [3.8, 4) is 0 Å². The molecule has 1 rings (SSSR count). The zero-order chi connectivity index (χ0) is 10.0. The van der Waals surface area contributed by atoms with Gasteiger partial charge in [-0.1, -0.05) is 0 Å². The molecule has 1 heterocycles. The molecule has 0 aliphatic rings. The number of ketones is 1. The Kier molecular flexibility index (Phi) is 2.66. The van der Waals surface area contributed by atoms with E-state index >= 15 is 0 Å². The summed E-state index contributed by atoms with van der Waals surface area (Å²) < 4.78 is 0. The third-order valence-corrected chi connectivity index (χ3v) is 1.82. The average molecular weight is 178 g/mol. The zero-order valence-corrected chi connectivity index (χ0v) is 8.46. The Morgan fingerprint density at radius 2 is 2.00 bits per heavy atom. The van der Waals surface area contributed by atoms with Crippen LogP contribution in [0.3, 0.4) is 0 Å². The van der Waals surface area contributed by atoms with Crippen LogP contribution in [0.5, 0.6) is 0 Å². The van der Waals surface area contributed by atoms with Gasteiger partial charge in [0.1, 0.15) is 5.82 Å². The lowest BCUT2D eigenvalue weighted by molar-refractivity contribution is 0.101. The predicted octanol–water partition coefficient (Wildman–Crippen LogP) is 1.66. The lowest BCUT2D eigenvalue weighted by Crippen LogP contribution is -2.15. The van der Waals surface area contributed by atoms with Crippen molar-refractivity contribution < 1.29 is 4.79 Å². The van der Waals surface area contributed by atoms with Crippen LogP contribution in [0.25, 0.3) is 0 Å². The van der Waals surface area contributed by atoms with E-state index in [1.807, 2.05) is 38.1 Å². The molecule has 0 unspecified atom stereocenters. The van der Waals surface area contributed by atoms with Crippen LogP contribution in [0.15, 0.2) is 12.1 Å². The number of pyridine rings is 1. The van der Waals surface area contributed by atoms with Gasteiger partial charge in [-0.05, 0) is 26.0 Å². The van der Waals surface area contributed by atoms with Crippen LogP contribution in [-0.2, 0) is 0 Å². The SMILES string of the molecule is CC(=O)c1ccc(C)nc1N(C)C. The van der Waals surface area contributed by atoms with Crippen molar-refractivity contribution in [3.63, 3.8) is 0 Å². The van der Waals surface area contributed by atoms with Crippen molar-refractivity contribution in [2.75, 3.05) is 19.0 Å². The summed E-state index contributed by atoms with van der Waals surface area (Å²) in [6, 6.07) is 3.67. The van der Waals surface area contributed by atoms with E-state index in [0.717, 1.165) is 11.5 Å². The van der Waals surface area contributed by atoms with Gasteiger partial charge in [0.2, 0.25) is 0 Å². The smallest absolute Gasteiger partial charge is 0.163 e. The molecule has 1 aromatic heterocycles. The number of anilines is 1. The molecule has 13 heavy (non-hydrogen) atoms. The minimum absolute atomic E-state index is 0.0520. The molecule has 0 amide bonds. The first-order chi connectivity index (χ1) is 6.02. The maximum absolute atomic E-state index is 11.2. The van der Waals surface area contributed by atoms with Gasteiger partial charge in [-0.25, -0.2) is 4.98 Å². The fraction of sp³-hybridized carbons (Fsp3) is 0.400. The fourth-order valence-corrected chi connectivity index (χ4v) is 1.16. The monoisotopic (exact) mass is 178 g/mol. The van der Waals surface area contributed by atoms with Gasteiger partial charge in [-0.15, -0.1) is 0 Å². The van der Waals surface area contributed by atoms with E-state index in [2.05, 4.69) is 4.98 Å². The second kappa shape index (κ2) is 3.56. The third-order valence-electron chi connectivity index (χ3n) is 1.82. The van der Waals surface area contributed by atoms with E-state index in [9.17, 15) is 4.79 Å². The van der Waals surface area contributed by atoms with E-state index in [0.29, 0.717) is 5.56 Å². The Labute approximate surface area is 78.4 Å². The molecule has 1 aromatic rings. The summed E-state index contributed by atoms with van der Waals surface area (Å²) in [5, 5.41) is 0. The molecule has 0 saturated heterocycles. The van der Waals surface area contributed by atoms with Crippen molar-refractivity contribution in [2.45, 2.75) is 13.8 Å². The second-order valence-corrected chi connectivity index (χ2v) is 3.27.